The van der Waals surface area contributed by atoms with Crippen LogP contribution in [-0.2, 0) is 0 Å². The van der Waals surface area contributed by atoms with Crippen LogP contribution >= 0.6 is 11.6 Å². The number of pyridine rings is 1. The largest absolute Gasteiger partial charge is 0.288 e. The van der Waals surface area contributed by atoms with Crippen molar-refractivity contribution in [2.45, 2.75) is 0 Å². The minimum Gasteiger partial charge on any atom is -0.288 e. The van der Waals surface area contributed by atoms with Gasteiger partial charge in [-0.05, 0) is 12.1 Å². The number of carbonyl (C=O) groups is 1. The molecule has 4 heteroatoms. The minimum absolute atomic E-state index is 0.0297. The standard InChI is InChI=1S/C12H7ClFNO/c13-10-7-6-9(12(14)15-10)11(16)8-4-2-1-3-5-8/h1-7H. The lowest BCUT2D eigenvalue weighted by molar-refractivity contribution is 0.103. The van der Waals surface area contributed by atoms with Crippen LogP contribution in [-0.4, -0.2) is 10.8 Å². The zero-order chi connectivity index (χ0) is 11.5. The van der Waals surface area contributed by atoms with Gasteiger partial charge >= 0.3 is 0 Å². The molecule has 0 bridgehead atoms. The molecule has 0 fully saturated rings. The molecule has 16 heavy (non-hydrogen) atoms. The fourth-order valence-electron chi connectivity index (χ4n) is 1.33. The number of rotatable bonds is 2. The molecule has 1 aromatic heterocycles. The van der Waals surface area contributed by atoms with Crippen LogP contribution in [0.15, 0.2) is 42.5 Å². The summed E-state index contributed by atoms with van der Waals surface area (Å²) in [7, 11) is 0. The molecule has 0 aliphatic carbocycles. The Kier molecular flexibility index (Phi) is 2.97. The van der Waals surface area contributed by atoms with Crippen LogP contribution in [0.25, 0.3) is 0 Å². The van der Waals surface area contributed by atoms with Gasteiger partial charge in [-0.3, -0.25) is 4.79 Å². The van der Waals surface area contributed by atoms with Gasteiger partial charge in [0.05, 0.1) is 5.56 Å². The second-order valence-electron chi connectivity index (χ2n) is 3.17. The molecule has 0 aliphatic rings. The molecule has 0 radical (unpaired) electrons. The molecule has 1 aromatic carbocycles. The van der Waals surface area contributed by atoms with Crippen molar-refractivity contribution in [3.05, 3.63) is 64.7 Å². The number of nitrogens with zero attached hydrogens (tertiary/aromatic N) is 1. The molecule has 1 heterocycles. The molecule has 0 aliphatic heterocycles. The molecule has 80 valence electrons. The summed E-state index contributed by atoms with van der Waals surface area (Å²) in [6, 6.07) is 11.2. The van der Waals surface area contributed by atoms with Crippen molar-refractivity contribution in [1.29, 1.82) is 0 Å². The average molecular weight is 236 g/mol. The van der Waals surface area contributed by atoms with Crippen LogP contribution < -0.4 is 0 Å². The highest BCUT2D eigenvalue weighted by atomic mass is 35.5. The van der Waals surface area contributed by atoms with E-state index >= 15 is 0 Å². The smallest absolute Gasteiger partial charge is 0.225 e. The van der Waals surface area contributed by atoms with Crippen LogP contribution in [0.4, 0.5) is 4.39 Å². The third kappa shape index (κ3) is 2.09. The van der Waals surface area contributed by atoms with Gasteiger partial charge in [0, 0.05) is 5.56 Å². The fourth-order valence-corrected chi connectivity index (χ4v) is 1.46. The molecular formula is C12H7ClFNO. The summed E-state index contributed by atoms with van der Waals surface area (Å²) < 4.78 is 13.4. The van der Waals surface area contributed by atoms with Crippen molar-refractivity contribution < 1.29 is 9.18 Å². The van der Waals surface area contributed by atoms with E-state index in [0.29, 0.717) is 5.56 Å². The average Bonchev–Trinajstić information content (AvgIpc) is 2.29. The van der Waals surface area contributed by atoms with Crippen LogP contribution in [0.2, 0.25) is 5.15 Å². The molecule has 0 amide bonds. The number of aromatic nitrogens is 1. The Bertz CT molecular complexity index is 528. The van der Waals surface area contributed by atoms with Crippen LogP contribution in [0.5, 0.6) is 0 Å². The van der Waals surface area contributed by atoms with Crippen molar-refractivity contribution in [2.75, 3.05) is 0 Å². The van der Waals surface area contributed by atoms with E-state index < -0.39 is 11.7 Å². The summed E-state index contributed by atoms with van der Waals surface area (Å²) >= 11 is 5.51. The van der Waals surface area contributed by atoms with E-state index in [1.807, 2.05) is 0 Å². The van der Waals surface area contributed by atoms with Crippen LogP contribution in [0.1, 0.15) is 15.9 Å². The van der Waals surface area contributed by atoms with E-state index in [9.17, 15) is 9.18 Å². The van der Waals surface area contributed by atoms with E-state index in [2.05, 4.69) is 4.98 Å². The number of ketones is 1. The molecule has 2 aromatic rings. The summed E-state index contributed by atoms with van der Waals surface area (Å²) in [6.07, 6.45) is 0. The van der Waals surface area contributed by atoms with Gasteiger partial charge in [-0.15, -0.1) is 0 Å². The number of benzene rings is 1. The first-order chi connectivity index (χ1) is 7.68. The first kappa shape index (κ1) is 10.8. The predicted molar refractivity (Wildman–Crippen MR) is 59.1 cm³/mol. The van der Waals surface area contributed by atoms with Gasteiger partial charge in [0.2, 0.25) is 5.95 Å². The van der Waals surface area contributed by atoms with Gasteiger partial charge in [-0.1, -0.05) is 41.9 Å². The highest BCUT2D eigenvalue weighted by molar-refractivity contribution is 6.29. The monoisotopic (exact) mass is 235 g/mol. The fraction of sp³-hybridized carbons (Fsp3) is 0. The summed E-state index contributed by atoms with van der Waals surface area (Å²) in [5, 5.41) is 0.0297. The van der Waals surface area contributed by atoms with Crippen LogP contribution in [0, 0.1) is 5.95 Å². The normalized spacial score (nSPS) is 10.1. The first-order valence-electron chi connectivity index (χ1n) is 4.60. The first-order valence-corrected chi connectivity index (χ1v) is 4.98. The van der Waals surface area contributed by atoms with Gasteiger partial charge < -0.3 is 0 Å². The number of carbonyl (C=O) groups excluding carboxylic acids is 1. The van der Waals surface area contributed by atoms with Gasteiger partial charge in [0.15, 0.2) is 5.78 Å². The van der Waals surface area contributed by atoms with Crippen molar-refractivity contribution in [3.63, 3.8) is 0 Å². The topological polar surface area (TPSA) is 30.0 Å². The summed E-state index contributed by atoms with van der Waals surface area (Å²) in [5.74, 6) is -1.25. The lowest BCUT2D eigenvalue weighted by Gasteiger charge is -2.01. The Labute approximate surface area is 96.7 Å². The van der Waals surface area contributed by atoms with Gasteiger partial charge in [0.1, 0.15) is 5.15 Å². The van der Waals surface area contributed by atoms with E-state index in [0.717, 1.165) is 0 Å². The second kappa shape index (κ2) is 4.41. The number of halogens is 2. The highest BCUT2D eigenvalue weighted by Crippen LogP contribution is 2.14. The maximum Gasteiger partial charge on any atom is 0.225 e. The quantitative estimate of drug-likeness (QED) is 0.591. The Morgan fingerprint density at radius 2 is 1.81 bits per heavy atom. The summed E-state index contributed by atoms with van der Waals surface area (Å²) in [4.78, 5) is 15.3. The van der Waals surface area contributed by atoms with Crippen molar-refractivity contribution in [2.24, 2.45) is 0 Å². The molecule has 2 nitrogen and oxygen atoms in total. The molecule has 0 N–H and O–H groups in total. The van der Waals surface area contributed by atoms with Crippen LogP contribution in [0.3, 0.4) is 0 Å². The number of hydrogen-bond donors (Lipinski definition) is 0. The third-order valence-corrected chi connectivity index (χ3v) is 2.31. The highest BCUT2D eigenvalue weighted by Gasteiger charge is 2.14. The van der Waals surface area contributed by atoms with E-state index in [1.54, 1.807) is 30.3 Å². The zero-order valence-corrected chi connectivity index (χ0v) is 8.91. The number of hydrogen-bond acceptors (Lipinski definition) is 2. The van der Waals surface area contributed by atoms with Gasteiger partial charge in [-0.25, -0.2) is 4.98 Å². The molecule has 0 spiro atoms. The Hall–Kier alpha value is -1.74. The van der Waals surface area contributed by atoms with Gasteiger partial charge in [-0.2, -0.15) is 4.39 Å². The van der Waals surface area contributed by atoms with E-state index in [1.165, 1.54) is 12.1 Å². The van der Waals surface area contributed by atoms with Crippen molar-refractivity contribution in [3.8, 4) is 0 Å². The Morgan fingerprint density at radius 1 is 1.12 bits per heavy atom. The molecule has 0 unspecified atom stereocenters. The SMILES string of the molecule is O=C(c1ccccc1)c1ccc(Cl)nc1F. The maximum absolute atomic E-state index is 13.4. The Morgan fingerprint density at radius 3 is 2.44 bits per heavy atom. The Balaban J connectivity index is 2.42. The predicted octanol–water partition coefficient (Wildman–Crippen LogP) is 3.11. The third-order valence-electron chi connectivity index (χ3n) is 2.10. The molecule has 0 saturated heterocycles. The zero-order valence-electron chi connectivity index (χ0n) is 8.15. The summed E-state index contributed by atoms with van der Waals surface area (Å²) in [6.45, 7) is 0. The molecule has 2 rings (SSSR count). The molecule has 0 saturated carbocycles. The molecular weight excluding hydrogens is 229 g/mol. The minimum atomic E-state index is -0.846. The van der Waals surface area contributed by atoms with Crippen molar-refractivity contribution >= 4 is 17.4 Å². The maximum atomic E-state index is 13.4. The lowest BCUT2D eigenvalue weighted by Crippen LogP contribution is -2.05. The van der Waals surface area contributed by atoms with E-state index in [-0.39, 0.29) is 10.7 Å². The molecule has 0 atom stereocenters. The van der Waals surface area contributed by atoms with E-state index in [4.69, 9.17) is 11.6 Å². The second-order valence-corrected chi connectivity index (χ2v) is 3.55. The lowest BCUT2D eigenvalue weighted by atomic mass is 10.1. The summed E-state index contributed by atoms with van der Waals surface area (Å²) in [5.41, 5.74) is 0.348. The van der Waals surface area contributed by atoms with Crippen molar-refractivity contribution in [1.82, 2.24) is 4.98 Å². The van der Waals surface area contributed by atoms with Gasteiger partial charge in [0.25, 0.3) is 0 Å².